The van der Waals surface area contributed by atoms with Crippen LogP contribution in [0.1, 0.15) is 16.8 Å². The summed E-state index contributed by atoms with van der Waals surface area (Å²) in [6.45, 7) is 5.99. The summed E-state index contributed by atoms with van der Waals surface area (Å²) < 4.78 is 1.99. The molecule has 0 fully saturated rings. The van der Waals surface area contributed by atoms with Gasteiger partial charge in [-0.15, -0.1) is 21.5 Å². The molecule has 0 saturated heterocycles. The fourth-order valence-corrected chi connectivity index (χ4v) is 4.37. The Bertz CT molecular complexity index is 1190. The second kappa shape index (κ2) is 8.76. The van der Waals surface area contributed by atoms with Gasteiger partial charge in [0.25, 0.3) is 0 Å². The number of hydrogen-bond donors (Lipinski definition) is 1. The number of benzene rings is 1. The van der Waals surface area contributed by atoms with E-state index in [1.807, 2.05) is 42.9 Å². The molecular weight excluding hydrogens is 416 g/mol. The summed E-state index contributed by atoms with van der Waals surface area (Å²) in [5, 5.41) is 14.8. The van der Waals surface area contributed by atoms with E-state index in [2.05, 4.69) is 43.7 Å². The summed E-state index contributed by atoms with van der Waals surface area (Å²) in [7, 11) is 0. The van der Waals surface area contributed by atoms with Crippen molar-refractivity contribution in [3.05, 3.63) is 64.9 Å². The molecule has 7 nitrogen and oxygen atoms in total. The molecular formula is C21H20N6OS2. The summed E-state index contributed by atoms with van der Waals surface area (Å²) >= 11 is 2.75. The third kappa shape index (κ3) is 4.42. The number of nitrogens with zero attached hydrogens (tertiary/aromatic N) is 5. The highest BCUT2D eigenvalue weighted by Gasteiger charge is 2.19. The van der Waals surface area contributed by atoms with Crippen LogP contribution in [0.3, 0.4) is 0 Å². The highest BCUT2D eigenvalue weighted by atomic mass is 32.2. The van der Waals surface area contributed by atoms with Crippen molar-refractivity contribution in [3.63, 3.8) is 0 Å². The molecule has 3 aromatic heterocycles. The molecule has 0 aliphatic rings. The normalized spacial score (nSPS) is 10.9. The maximum absolute atomic E-state index is 12.4. The third-order valence-electron chi connectivity index (χ3n) is 4.36. The van der Waals surface area contributed by atoms with Crippen LogP contribution in [-0.4, -0.2) is 36.4 Å². The fourth-order valence-electron chi connectivity index (χ4n) is 2.92. The molecule has 0 aliphatic heterocycles. The highest BCUT2D eigenvalue weighted by molar-refractivity contribution is 7.99. The number of hydrogen-bond acceptors (Lipinski definition) is 7. The van der Waals surface area contributed by atoms with Crippen LogP contribution in [0.15, 0.2) is 53.3 Å². The first kappa shape index (κ1) is 20.2. The van der Waals surface area contributed by atoms with Crippen LogP contribution in [0.2, 0.25) is 0 Å². The van der Waals surface area contributed by atoms with Crippen molar-refractivity contribution in [3.8, 4) is 17.1 Å². The molecule has 0 bridgehead atoms. The first-order valence-electron chi connectivity index (χ1n) is 9.29. The average Bonchev–Trinajstić information content (AvgIpc) is 3.35. The number of carbonyl (C=O) groups excluding carboxylic acids is 1. The van der Waals surface area contributed by atoms with Crippen LogP contribution in [0, 0.1) is 20.8 Å². The Morgan fingerprint density at radius 2 is 2.07 bits per heavy atom. The van der Waals surface area contributed by atoms with Gasteiger partial charge in [0.1, 0.15) is 0 Å². The molecule has 4 rings (SSSR count). The van der Waals surface area contributed by atoms with Gasteiger partial charge in [0.05, 0.1) is 17.1 Å². The summed E-state index contributed by atoms with van der Waals surface area (Å²) in [5.74, 6) is 0.761. The van der Waals surface area contributed by atoms with Crippen molar-refractivity contribution >= 4 is 34.1 Å². The zero-order chi connectivity index (χ0) is 21.1. The SMILES string of the molecule is Cc1ccc(C)c(-n2c(SCC(=O)Nc3nc(C)cs3)nnc2-c2cccnc2)c1. The fraction of sp³-hybridized carbons (Fsp3) is 0.190. The van der Waals surface area contributed by atoms with E-state index in [-0.39, 0.29) is 11.7 Å². The van der Waals surface area contributed by atoms with Crippen molar-refractivity contribution in [2.45, 2.75) is 25.9 Å². The topological polar surface area (TPSA) is 85.6 Å². The van der Waals surface area contributed by atoms with Crippen LogP contribution < -0.4 is 5.32 Å². The van der Waals surface area contributed by atoms with Crippen molar-refractivity contribution in [1.82, 2.24) is 24.7 Å². The Morgan fingerprint density at radius 3 is 2.80 bits per heavy atom. The highest BCUT2D eigenvalue weighted by Crippen LogP contribution is 2.30. The minimum Gasteiger partial charge on any atom is -0.301 e. The standard InChI is InChI=1S/C21H20N6OS2/c1-13-6-7-14(2)17(9-13)27-19(16-5-4-8-22-10-16)25-26-21(27)30-12-18(28)24-20-23-15(3)11-29-20/h4-11H,12H2,1-3H3,(H,23,24,28). The summed E-state index contributed by atoms with van der Waals surface area (Å²) in [4.78, 5) is 20.9. The lowest BCUT2D eigenvalue weighted by molar-refractivity contribution is -0.113. The van der Waals surface area contributed by atoms with Crippen LogP contribution in [-0.2, 0) is 4.79 Å². The number of pyridine rings is 1. The van der Waals surface area contributed by atoms with Gasteiger partial charge >= 0.3 is 0 Å². The number of amides is 1. The molecule has 1 N–H and O–H groups in total. The van der Waals surface area contributed by atoms with Crippen molar-refractivity contribution in [2.24, 2.45) is 0 Å². The lowest BCUT2D eigenvalue weighted by Gasteiger charge is -2.13. The summed E-state index contributed by atoms with van der Waals surface area (Å²) in [6, 6.07) is 10.1. The van der Waals surface area contributed by atoms with Gasteiger partial charge in [-0.25, -0.2) is 4.98 Å². The minimum absolute atomic E-state index is 0.132. The number of thioether (sulfide) groups is 1. The molecule has 1 aromatic carbocycles. The van der Waals surface area contributed by atoms with Crippen molar-refractivity contribution in [2.75, 3.05) is 11.1 Å². The van der Waals surface area contributed by atoms with Gasteiger partial charge in [0.15, 0.2) is 16.1 Å². The zero-order valence-electron chi connectivity index (χ0n) is 16.8. The Balaban J connectivity index is 1.65. The number of rotatable bonds is 6. The quantitative estimate of drug-likeness (QED) is 0.450. The Hall–Kier alpha value is -3.04. The van der Waals surface area contributed by atoms with E-state index < -0.39 is 0 Å². The predicted molar refractivity (Wildman–Crippen MR) is 120 cm³/mol. The number of aromatic nitrogens is 5. The molecule has 0 aliphatic carbocycles. The van der Waals surface area contributed by atoms with Gasteiger partial charge in [0, 0.05) is 23.3 Å². The van der Waals surface area contributed by atoms with E-state index in [4.69, 9.17) is 0 Å². The second-order valence-corrected chi connectivity index (χ2v) is 8.60. The second-order valence-electron chi connectivity index (χ2n) is 6.80. The molecule has 1 amide bonds. The molecule has 0 radical (unpaired) electrons. The number of nitrogens with one attached hydrogen (secondary N) is 1. The first-order chi connectivity index (χ1) is 14.5. The zero-order valence-corrected chi connectivity index (χ0v) is 18.4. The van der Waals surface area contributed by atoms with E-state index in [0.717, 1.165) is 28.1 Å². The Labute approximate surface area is 182 Å². The van der Waals surface area contributed by atoms with E-state index in [9.17, 15) is 4.79 Å². The van der Waals surface area contributed by atoms with Gasteiger partial charge in [0.2, 0.25) is 5.91 Å². The van der Waals surface area contributed by atoms with Crippen LogP contribution in [0.25, 0.3) is 17.1 Å². The lowest BCUT2D eigenvalue weighted by Crippen LogP contribution is -2.14. The Kier molecular flexibility index (Phi) is 5.91. The smallest absolute Gasteiger partial charge is 0.236 e. The number of thiazole rings is 1. The Morgan fingerprint density at radius 1 is 1.20 bits per heavy atom. The maximum Gasteiger partial charge on any atom is 0.236 e. The van der Waals surface area contributed by atoms with Gasteiger partial charge < -0.3 is 5.32 Å². The van der Waals surface area contributed by atoms with Crippen LogP contribution >= 0.6 is 23.1 Å². The van der Waals surface area contributed by atoms with Gasteiger partial charge in [-0.3, -0.25) is 14.3 Å². The van der Waals surface area contributed by atoms with Gasteiger partial charge in [-0.1, -0.05) is 23.9 Å². The predicted octanol–water partition coefficient (Wildman–Crippen LogP) is 4.44. The average molecular weight is 437 g/mol. The largest absolute Gasteiger partial charge is 0.301 e. The number of carbonyl (C=O) groups is 1. The third-order valence-corrected chi connectivity index (χ3v) is 6.16. The van der Waals surface area contributed by atoms with E-state index in [1.54, 1.807) is 12.4 Å². The van der Waals surface area contributed by atoms with Crippen LogP contribution in [0.4, 0.5) is 5.13 Å². The van der Waals surface area contributed by atoms with E-state index >= 15 is 0 Å². The summed E-state index contributed by atoms with van der Waals surface area (Å²) in [5.41, 5.74) is 4.96. The minimum atomic E-state index is -0.132. The molecule has 0 atom stereocenters. The van der Waals surface area contributed by atoms with Crippen LogP contribution in [0.5, 0.6) is 0 Å². The monoisotopic (exact) mass is 436 g/mol. The lowest BCUT2D eigenvalue weighted by atomic mass is 10.1. The molecule has 4 aromatic rings. The maximum atomic E-state index is 12.4. The molecule has 0 unspecified atom stereocenters. The van der Waals surface area contributed by atoms with Crippen molar-refractivity contribution in [1.29, 1.82) is 0 Å². The molecule has 152 valence electrons. The molecule has 0 spiro atoms. The van der Waals surface area contributed by atoms with Gasteiger partial charge in [-0.05, 0) is 50.1 Å². The first-order valence-corrected chi connectivity index (χ1v) is 11.2. The van der Waals surface area contributed by atoms with E-state index in [0.29, 0.717) is 16.1 Å². The van der Waals surface area contributed by atoms with Crippen molar-refractivity contribution < 1.29 is 4.79 Å². The molecule has 0 saturated carbocycles. The molecule has 3 heterocycles. The number of anilines is 1. The van der Waals surface area contributed by atoms with E-state index in [1.165, 1.54) is 23.1 Å². The summed E-state index contributed by atoms with van der Waals surface area (Å²) in [6.07, 6.45) is 3.49. The number of aryl methyl sites for hydroxylation is 3. The molecule has 30 heavy (non-hydrogen) atoms. The van der Waals surface area contributed by atoms with Gasteiger partial charge in [-0.2, -0.15) is 0 Å². The molecule has 9 heteroatoms.